The van der Waals surface area contributed by atoms with Crippen LogP contribution in [0, 0.1) is 18.8 Å². The molecule has 0 radical (unpaired) electrons. The average Bonchev–Trinajstić information content (AvgIpc) is 3.28. The average molecular weight is 417 g/mol. The maximum atomic E-state index is 5.95. The molecule has 1 aliphatic rings. The highest BCUT2D eigenvalue weighted by Gasteiger charge is 2.10. The molecule has 1 saturated heterocycles. The van der Waals surface area contributed by atoms with Gasteiger partial charge in [0.2, 0.25) is 0 Å². The number of halogens is 1. The maximum absolute atomic E-state index is 5.95. The zero-order valence-corrected chi connectivity index (χ0v) is 17.9. The van der Waals surface area contributed by atoms with Crippen LogP contribution >= 0.6 is 11.6 Å². The van der Waals surface area contributed by atoms with E-state index in [-0.39, 0.29) is 0 Å². The lowest BCUT2D eigenvalue weighted by Gasteiger charge is -2.15. The Morgan fingerprint density at radius 1 is 0.967 bits per heavy atom. The number of aryl methyl sites for hydroxylation is 1. The minimum absolute atomic E-state index is 0.728. The highest BCUT2D eigenvalue weighted by Crippen LogP contribution is 2.20. The lowest BCUT2D eigenvalue weighted by Crippen LogP contribution is -2.26. The zero-order chi connectivity index (χ0) is 20.8. The van der Waals surface area contributed by atoms with Gasteiger partial charge in [-0.2, -0.15) is 0 Å². The molecule has 152 valence electrons. The van der Waals surface area contributed by atoms with Crippen LogP contribution < -0.4 is 5.32 Å². The molecule has 0 unspecified atom stereocenters. The third kappa shape index (κ3) is 5.38. The van der Waals surface area contributed by atoms with E-state index in [0.29, 0.717) is 0 Å². The Bertz CT molecular complexity index is 1040. The van der Waals surface area contributed by atoms with Gasteiger partial charge in [0.05, 0.1) is 0 Å². The van der Waals surface area contributed by atoms with Crippen molar-refractivity contribution in [3.05, 3.63) is 76.7 Å². The van der Waals surface area contributed by atoms with Gasteiger partial charge in [0.15, 0.2) is 0 Å². The van der Waals surface area contributed by atoms with Crippen LogP contribution in [0.5, 0.6) is 0 Å². The van der Waals surface area contributed by atoms with Crippen molar-refractivity contribution >= 4 is 17.4 Å². The lowest BCUT2D eigenvalue weighted by atomic mass is 10.1. The van der Waals surface area contributed by atoms with Gasteiger partial charge >= 0.3 is 0 Å². The number of hydrogen-bond acceptors (Lipinski definition) is 4. The Labute approximate surface area is 183 Å². The van der Waals surface area contributed by atoms with Gasteiger partial charge in [-0.05, 0) is 74.2 Å². The van der Waals surface area contributed by atoms with Crippen LogP contribution in [0.25, 0.3) is 11.1 Å². The summed E-state index contributed by atoms with van der Waals surface area (Å²) in [7, 11) is 0. The molecule has 0 bridgehead atoms. The number of pyridine rings is 2. The third-order valence-electron chi connectivity index (χ3n) is 5.27. The molecule has 1 fully saturated rings. The highest BCUT2D eigenvalue weighted by atomic mass is 35.5. The first kappa shape index (κ1) is 20.4. The lowest BCUT2D eigenvalue weighted by molar-refractivity contribution is 0.352. The van der Waals surface area contributed by atoms with Gasteiger partial charge in [-0.15, -0.1) is 0 Å². The molecule has 0 aliphatic carbocycles. The van der Waals surface area contributed by atoms with E-state index in [2.05, 4.69) is 45.0 Å². The fourth-order valence-electron chi connectivity index (χ4n) is 3.58. The van der Waals surface area contributed by atoms with E-state index < -0.39 is 0 Å². The van der Waals surface area contributed by atoms with Crippen LogP contribution in [0.3, 0.4) is 0 Å². The minimum atomic E-state index is 0.728. The van der Waals surface area contributed by atoms with Crippen molar-refractivity contribution in [3.63, 3.8) is 0 Å². The monoisotopic (exact) mass is 416 g/mol. The van der Waals surface area contributed by atoms with Crippen LogP contribution in [-0.4, -0.2) is 41.0 Å². The van der Waals surface area contributed by atoms with E-state index in [4.69, 9.17) is 11.6 Å². The molecule has 1 aromatic carbocycles. The molecule has 1 N–H and O–H groups in total. The van der Waals surface area contributed by atoms with E-state index in [9.17, 15) is 0 Å². The first-order chi connectivity index (χ1) is 14.7. The summed E-state index contributed by atoms with van der Waals surface area (Å²) >= 11 is 5.95. The number of likely N-dealkylation sites (tertiary alicyclic amines) is 1. The molecule has 1 aliphatic heterocycles. The zero-order valence-electron chi connectivity index (χ0n) is 17.2. The number of nitrogens with zero attached hydrogens (tertiary/aromatic N) is 3. The molecule has 4 nitrogen and oxygen atoms in total. The highest BCUT2D eigenvalue weighted by molar-refractivity contribution is 6.30. The summed E-state index contributed by atoms with van der Waals surface area (Å²) in [5.74, 6) is 7.23. The fourth-order valence-corrected chi connectivity index (χ4v) is 3.71. The first-order valence-electron chi connectivity index (χ1n) is 10.3. The fraction of sp³-hybridized carbons (Fsp3) is 0.280. The number of hydrogen-bond donors (Lipinski definition) is 1. The second kappa shape index (κ2) is 9.75. The summed E-state index contributed by atoms with van der Waals surface area (Å²) in [6.45, 7) is 6.49. The van der Waals surface area contributed by atoms with Crippen molar-refractivity contribution in [2.45, 2.75) is 19.8 Å². The summed E-state index contributed by atoms with van der Waals surface area (Å²) in [5, 5.41) is 4.17. The quantitative estimate of drug-likeness (QED) is 0.593. The molecular weight excluding hydrogens is 392 g/mol. The summed E-state index contributed by atoms with van der Waals surface area (Å²) in [6, 6.07) is 13.8. The SMILES string of the molecule is Cc1cc(C#Cc2ccc(-c3ccc(Cl)cc3)cn2)cnc1NCCN1CCCC1. The van der Waals surface area contributed by atoms with Gasteiger partial charge in [0, 0.05) is 41.6 Å². The summed E-state index contributed by atoms with van der Waals surface area (Å²) in [6.07, 6.45) is 6.30. The Balaban J connectivity index is 1.37. The molecule has 30 heavy (non-hydrogen) atoms. The Hall–Kier alpha value is -2.87. The Morgan fingerprint density at radius 2 is 1.73 bits per heavy atom. The van der Waals surface area contributed by atoms with E-state index in [1.54, 1.807) is 0 Å². The van der Waals surface area contributed by atoms with Crippen molar-refractivity contribution in [1.29, 1.82) is 0 Å². The number of aromatic nitrogens is 2. The predicted molar refractivity (Wildman–Crippen MR) is 124 cm³/mol. The molecule has 3 aromatic rings. The number of rotatable bonds is 5. The molecule has 0 amide bonds. The van der Waals surface area contributed by atoms with Crippen molar-refractivity contribution in [3.8, 4) is 23.0 Å². The second-order valence-electron chi connectivity index (χ2n) is 7.55. The summed E-state index contributed by atoms with van der Waals surface area (Å²) in [5.41, 5.74) is 4.85. The van der Waals surface area contributed by atoms with Crippen LogP contribution in [-0.2, 0) is 0 Å². The molecule has 4 rings (SSSR count). The standard InChI is InChI=1S/C25H25ClN4/c1-19-16-20(17-29-25(19)27-12-15-30-13-2-3-14-30)4-10-24-11-7-22(18-28-24)21-5-8-23(26)9-6-21/h5-9,11,16-18H,2-3,12-15H2,1H3,(H,27,29). The second-order valence-corrected chi connectivity index (χ2v) is 7.99. The van der Waals surface area contributed by atoms with Crippen molar-refractivity contribution in [2.75, 3.05) is 31.5 Å². The summed E-state index contributed by atoms with van der Waals surface area (Å²) in [4.78, 5) is 11.5. The number of benzene rings is 1. The molecule has 2 aromatic heterocycles. The van der Waals surface area contributed by atoms with Gasteiger partial charge in [-0.1, -0.05) is 35.7 Å². The van der Waals surface area contributed by atoms with E-state index >= 15 is 0 Å². The van der Waals surface area contributed by atoms with Crippen LogP contribution in [0.15, 0.2) is 54.9 Å². The van der Waals surface area contributed by atoms with E-state index in [1.807, 2.05) is 48.8 Å². The topological polar surface area (TPSA) is 41.1 Å². The third-order valence-corrected chi connectivity index (χ3v) is 5.53. The van der Waals surface area contributed by atoms with Gasteiger partial charge in [-0.25, -0.2) is 9.97 Å². The smallest absolute Gasteiger partial charge is 0.128 e. The van der Waals surface area contributed by atoms with Gasteiger partial charge < -0.3 is 10.2 Å². The molecule has 0 saturated carbocycles. The summed E-state index contributed by atoms with van der Waals surface area (Å²) < 4.78 is 0. The largest absolute Gasteiger partial charge is 0.369 e. The minimum Gasteiger partial charge on any atom is -0.369 e. The predicted octanol–water partition coefficient (Wildman–Crippen LogP) is 5.01. The molecular formula is C25H25ClN4. The van der Waals surface area contributed by atoms with Gasteiger partial charge in [0.1, 0.15) is 11.5 Å². The van der Waals surface area contributed by atoms with Crippen molar-refractivity contribution < 1.29 is 0 Å². The van der Waals surface area contributed by atoms with Crippen LogP contribution in [0.2, 0.25) is 5.02 Å². The van der Waals surface area contributed by atoms with Gasteiger partial charge in [-0.3, -0.25) is 0 Å². The Morgan fingerprint density at radius 3 is 2.43 bits per heavy atom. The molecule has 5 heteroatoms. The first-order valence-corrected chi connectivity index (χ1v) is 10.7. The normalized spacial score (nSPS) is 13.7. The van der Waals surface area contributed by atoms with Crippen molar-refractivity contribution in [1.82, 2.24) is 14.9 Å². The van der Waals surface area contributed by atoms with Gasteiger partial charge in [0.25, 0.3) is 0 Å². The Kier molecular flexibility index (Phi) is 6.63. The number of anilines is 1. The van der Waals surface area contributed by atoms with E-state index in [1.165, 1.54) is 25.9 Å². The van der Waals surface area contributed by atoms with Crippen molar-refractivity contribution in [2.24, 2.45) is 0 Å². The van der Waals surface area contributed by atoms with E-state index in [0.717, 1.165) is 51.9 Å². The maximum Gasteiger partial charge on any atom is 0.128 e. The molecule has 0 atom stereocenters. The molecule has 0 spiro atoms. The van der Waals surface area contributed by atoms with Crippen LogP contribution in [0.4, 0.5) is 5.82 Å². The number of nitrogens with one attached hydrogen (secondary N) is 1. The van der Waals surface area contributed by atoms with Crippen LogP contribution in [0.1, 0.15) is 29.7 Å². The molecule has 3 heterocycles.